The van der Waals surface area contributed by atoms with Gasteiger partial charge in [-0.2, -0.15) is 4.99 Å². The molecule has 15 heavy (non-hydrogen) atoms. The molecule has 0 aliphatic heterocycles. The molecule has 0 saturated heterocycles. The molecule has 0 aromatic carbocycles. The number of carbonyl (C=O) groups is 1. The second-order valence-electron chi connectivity index (χ2n) is 2.92. The van der Waals surface area contributed by atoms with Gasteiger partial charge in [-0.1, -0.05) is 0 Å². The summed E-state index contributed by atoms with van der Waals surface area (Å²) in [6, 6.07) is 0. The van der Waals surface area contributed by atoms with Gasteiger partial charge in [-0.25, -0.2) is 14.8 Å². The number of hydrogen-bond donors (Lipinski definition) is 3. The summed E-state index contributed by atoms with van der Waals surface area (Å²) in [5.74, 6) is 0.0244. The summed E-state index contributed by atoms with van der Waals surface area (Å²) in [4.78, 5) is 21.2. The number of hydrogen-bond acceptors (Lipinski definition) is 4. The van der Waals surface area contributed by atoms with Crippen molar-refractivity contribution in [3.63, 3.8) is 0 Å². The van der Waals surface area contributed by atoms with Crippen molar-refractivity contribution in [3.05, 3.63) is 17.1 Å². The van der Waals surface area contributed by atoms with Crippen molar-refractivity contribution in [2.75, 3.05) is 5.73 Å². The van der Waals surface area contributed by atoms with Crippen LogP contribution in [0.2, 0.25) is 0 Å². The molecule has 1 heterocycles. The number of aliphatic imine (C=N–C) groups is 1. The molecule has 0 bridgehead atoms. The molecule has 1 aromatic heterocycles. The predicted octanol–water partition coefficient (Wildman–Crippen LogP) is 0.0589. The molecule has 0 saturated carbocycles. The molecule has 0 fully saturated rings. The lowest BCUT2D eigenvalue weighted by atomic mass is 10.2. The normalized spacial score (nSPS) is 11.5. The highest BCUT2D eigenvalue weighted by atomic mass is 16.4. The fraction of sp³-hybridized carbons (Fsp3) is 0.250. The molecule has 0 spiro atoms. The molecule has 0 aliphatic rings. The lowest BCUT2D eigenvalue weighted by Crippen LogP contribution is -2.20. The van der Waals surface area contributed by atoms with Crippen LogP contribution in [-0.4, -0.2) is 27.0 Å². The first-order valence-corrected chi connectivity index (χ1v) is 4.10. The lowest BCUT2D eigenvalue weighted by Gasteiger charge is -2.05. The average Bonchev–Trinajstić information content (AvgIpc) is 2.12. The molecule has 7 nitrogen and oxygen atoms in total. The summed E-state index contributed by atoms with van der Waals surface area (Å²) < 4.78 is 0. The van der Waals surface area contributed by atoms with Crippen molar-refractivity contribution in [3.8, 4) is 0 Å². The number of nitrogens with zero attached hydrogens (tertiary/aromatic N) is 3. The van der Waals surface area contributed by atoms with Gasteiger partial charge in [-0.15, -0.1) is 0 Å². The van der Waals surface area contributed by atoms with Gasteiger partial charge in [0.1, 0.15) is 5.82 Å². The summed E-state index contributed by atoms with van der Waals surface area (Å²) in [7, 11) is 0. The number of rotatable bonds is 1. The maximum atomic E-state index is 10.3. The summed E-state index contributed by atoms with van der Waals surface area (Å²) >= 11 is 0. The molecule has 80 valence electrons. The molecular formula is C8H11N5O2. The molecule has 1 rings (SSSR count). The Balaban J connectivity index is 3.23. The van der Waals surface area contributed by atoms with Crippen LogP contribution in [0.5, 0.6) is 0 Å². The van der Waals surface area contributed by atoms with Gasteiger partial charge in [-0.05, 0) is 13.8 Å². The number of aromatic nitrogens is 2. The topological polar surface area (TPSA) is 127 Å². The fourth-order valence-corrected chi connectivity index (χ4v) is 0.919. The van der Waals surface area contributed by atoms with E-state index in [4.69, 9.17) is 16.6 Å². The molecule has 0 radical (unpaired) electrons. The number of nitrogens with two attached hydrogens (primary N) is 2. The van der Waals surface area contributed by atoms with E-state index in [1.54, 1.807) is 13.8 Å². The summed E-state index contributed by atoms with van der Waals surface area (Å²) in [5, 5.41) is 8.38. The van der Waals surface area contributed by atoms with Gasteiger partial charge in [0.25, 0.3) is 0 Å². The number of anilines is 1. The van der Waals surface area contributed by atoms with E-state index in [9.17, 15) is 4.79 Å². The van der Waals surface area contributed by atoms with Crippen molar-refractivity contribution < 1.29 is 9.90 Å². The SMILES string of the molecule is Cc1nc(/C(N)=N/C(=O)O)nc(N)c1C. The van der Waals surface area contributed by atoms with Gasteiger partial charge in [0.15, 0.2) is 11.7 Å². The lowest BCUT2D eigenvalue weighted by molar-refractivity contribution is 0.205. The van der Waals surface area contributed by atoms with Crippen LogP contribution in [0.4, 0.5) is 10.6 Å². The quantitative estimate of drug-likeness (QED) is 0.443. The summed E-state index contributed by atoms with van der Waals surface area (Å²) in [6.45, 7) is 3.49. The van der Waals surface area contributed by atoms with Crippen LogP contribution in [0.1, 0.15) is 17.1 Å². The summed E-state index contributed by atoms with van der Waals surface area (Å²) in [5.41, 5.74) is 12.3. The molecular weight excluding hydrogens is 198 g/mol. The number of aryl methyl sites for hydroxylation is 1. The third kappa shape index (κ3) is 2.39. The minimum absolute atomic E-state index is 0.0259. The zero-order valence-electron chi connectivity index (χ0n) is 8.35. The van der Waals surface area contributed by atoms with Gasteiger partial charge in [0.2, 0.25) is 0 Å². The zero-order chi connectivity index (χ0) is 11.6. The molecule has 0 aliphatic carbocycles. The molecule has 5 N–H and O–H groups in total. The van der Waals surface area contributed by atoms with Crippen LogP contribution in [0.3, 0.4) is 0 Å². The van der Waals surface area contributed by atoms with Gasteiger partial charge < -0.3 is 16.6 Å². The molecule has 7 heteroatoms. The Labute approximate surface area is 85.9 Å². The Hall–Kier alpha value is -2.18. The van der Waals surface area contributed by atoms with Gasteiger partial charge in [0.05, 0.1) is 0 Å². The van der Waals surface area contributed by atoms with Crippen LogP contribution in [0.15, 0.2) is 4.99 Å². The van der Waals surface area contributed by atoms with Crippen LogP contribution >= 0.6 is 0 Å². The molecule has 1 amide bonds. The molecule has 0 atom stereocenters. The Kier molecular flexibility index (Phi) is 2.84. The van der Waals surface area contributed by atoms with Crippen LogP contribution in [0.25, 0.3) is 0 Å². The van der Waals surface area contributed by atoms with E-state index in [0.29, 0.717) is 5.69 Å². The average molecular weight is 209 g/mol. The fourth-order valence-electron chi connectivity index (χ4n) is 0.919. The first-order chi connectivity index (χ1) is 6.91. The van der Waals surface area contributed by atoms with Gasteiger partial charge in [0, 0.05) is 11.3 Å². The van der Waals surface area contributed by atoms with E-state index in [1.165, 1.54) is 0 Å². The van der Waals surface area contributed by atoms with Crippen LogP contribution in [0, 0.1) is 13.8 Å². The summed E-state index contributed by atoms with van der Waals surface area (Å²) in [6.07, 6.45) is -1.40. The Morgan fingerprint density at radius 2 is 2.00 bits per heavy atom. The maximum Gasteiger partial charge on any atom is 0.433 e. The van der Waals surface area contributed by atoms with E-state index in [0.717, 1.165) is 5.56 Å². The Morgan fingerprint density at radius 1 is 1.40 bits per heavy atom. The monoisotopic (exact) mass is 209 g/mol. The first kappa shape index (κ1) is 10.9. The van der Waals surface area contributed by atoms with E-state index >= 15 is 0 Å². The Bertz CT molecular complexity index is 418. The molecule has 0 unspecified atom stereocenters. The highest BCUT2D eigenvalue weighted by Gasteiger charge is 2.09. The number of carboxylic acid groups (broad SMARTS) is 1. The van der Waals surface area contributed by atoms with E-state index in [1.807, 2.05) is 0 Å². The Morgan fingerprint density at radius 3 is 2.47 bits per heavy atom. The minimum Gasteiger partial charge on any atom is -0.463 e. The van der Waals surface area contributed by atoms with E-state index < -0.39 is 6.09 Å². The van der Waals surface area contributed by atoms with Crippen molar-refractivity contribution in [1.29, 1.82) is 0 Å². The number of amides is 1. The van der Waals surface area contributed by atoms with Crippen molar-refractivity contribution in [2.24, 2.45) is 10.7 Å². The van der Waals surface area contributed by atoms with Crippen LogP contribution in [-0.2, 0) is 0 Å². The van der Waals surface area contributed by atoms with Gasteiger partial charge in [-0.3, -0.25) is 0 Å². The number of amidine groups is 1. The largest absolute Gasteiger partial charge is 0.463 e. The van der Waals surface area contributed by atoms with Crippen LogP contribution < -0.4 is 11.5 Å². The predicted molar refractivity (Wildman–Crippen MR) is 54.7 cm³/mol. The zero-order valence-corrected chi connectivity index (χ0v) is 8.35. The molecule has 1 aromatic rings. The van der Waals surface area contributed by atoms with Crippen molar-refractivity contribution in [1.82, 2.24) is 9.97 Å². The third-order valence-electron chi connectivity index (χ3n) is 1.87. The van der Waals surface area contributed by atoms with Crippen molar-refractivity contribution >= 4 is 17.7 Å². The standard InChI is InChI=1S/C8H11N5O2/c1-3-4(2)11-7(12-5(3)9)6(10)13-8(14)15/h1-2H3,(H2,10,13)(H,14,15)(H2,9,11,12). The third-order valence-corrected chi connectivity index (χ3v) is 1.87. The second-order valence-corrected chi connectivity index (χ2v) is 2.92. The number of nitrogen functional groups attached to an aromatic ring is 1. The smallest absolute Gasteiger partial charge is 0.433 e. The minimum atomic E-state index is -1.40. The van der Waals surface area contributed by atoms with Crippen molar-refractivity contribution in [2.45, 2.75) is 13.8 Å². The highest BCUT2D eigenvalue weighted by Crippen LogP contribution is 2.10. The van der Waals surface area contributed by atoms with E-state index in [2.05, 4.69) is 15.0 Å². The highest BCUT2D eigenvalue weighted by molar-refractivity contribution is 5.99. The maximum absolute atomic E-state index is 10.3. The first-order valence-electron chi connectivity index (χ1n) is 4.10. The van der Waals surface area contributed by atoms with E-state index in [-0.39, 0.29) is 17.5 Å². The second kappa shape index (κ2) is 3.91. The van der Waals surface area contributed by atoms with Gasteiger partial charge >= 0.3 is 6.09 Å².